The van der Waals surface area contributed by atoms with Crippen LogP contribution in [-0.4, -0.2) is 60.8 Å². The Labute approximate surface area is 219 Å². The maximum absolute atomic E-state index is 12.8. The van der Waals surface area contributed by atoms with Gasteiger partial charge in [-0.1, -0.05) is 26.0 Å². The average Bonchev–Trinajstić information content (AvgIpc) is 2.82. The van der Waals surface area contributed by atoms with E-state index in [0.717, 1.165) is 5.56 Å². The highest BCUT2D eigenvalue weighted by atomic mass is 16.6. The molecule has 206 valence electrons. The van der Waals surface area contributed by atoms with Gasteiger partial charge in [0.15, 0.2) is 6.10 Å². The molecule has 0 fully saturated rings. The Kier molecular flexibility index (Phi) is 11.6. The van der Waals surface area contributed by atoms with Crippen LogP contribution in [0.25, 0.3) is 0 Å². The number of amides is 2. The summed E-state index contributed by atoms with van der Waals surface area (Å²) in [7, 11) is 3.09. The van der Waals surface area contributed by atoms with Crippen LogP contribution in [0.3, 0.4) is 0 Å². The fourth-order valence-electron chi connectivity index (χ4n) is 4.83. The summed E-state index contributed by atoms with van der Waals surface area (Å²) in [5, 5.41) is 24.2. The standard InChI is InChI=1S/C28H42N2O7/c1-16-10-20-13-21(15-22(31)14-20)30-27(33)17(2)8-7-9-23(35-5)26(37-28(29)34)19(4)12-18(3)25(32)24(11-16)36-6/h8,12-16,18,23-26,31-32H,7,9-11H2,1-6H3,(H2,29,34)(H,30,33)/b17-8-,19-12+/t16-,18+,23?,24+,25-,26-/m1/s1. The van der Waals surface area contributed by atoms with Gasteiger partial charge in [0.05, 0.1) is 18.3 Å². The minimum Gasteiger partial charge on any atom is -0.508 e. The van der Waals surface area contributed by atoms with E-state index >= 15 is 0 Å². The number of hydrogen-bond acceptors (Lipinski definition) is 7. The quantitative estimate of drug-likeness (QED) is 0.442. The first-order valence-electron chi connectivity index (χ1n) is 12.6. The molecule has 2 amide bonds. The molecule has 2 bridgehead atoms. The number of phenols is 1. The predicted molar refractivity (Wildman–Crippen MR) is 142 cm³/mol. The summed E-state index contributed by atoms with van der Waals surface area (Å²) in [5.74, 6) is -0.427. The number of primary amides is 1. The molecule has 9 nitrogen and oxygen atoms in total. The number of rotatable bonds is 3. The van der Waals surface area contributed by atoms with E-state index in [1.54, 1.807) is 26.2 Å². The number of carbonyl (C=O) groups excluding carboxylic acids is 2. The van der Waals surface area contributed by atoms with Crippen LogP contribution in [0.15, 0.2) is 41.5 Å². The van der Waals surface area contributed by atoms with Crippen molar-refractivity contribution in [2.24, 2.45) is 17.6 Å². The second kappa shape index (κ2) is 14.2. The van der Waals surface area contributed by atoms with Gasteiger partial charge in [-0.05, 0) is 68.7 Å². The number of aliphatic hydroxyl groups excluding tert-OH is 1. The normalized spacial score (nSPS) is 31.4. The predicted octanol–water partition coefficient (Wildman–Crippen LogP) is 4.08. The largest absolute Gasteiger partial charge is 0.508 e. The number of phenolic OH excluding ortho intramolecular Hbond substituents is 1. The Hall–Kier alpha value is -2.88. The lowest BCUT2D eigenvalue weighted by Crippen LogP contribution is -2.37. The van der Waals surface area contributed by atoms with Crippen molar-refractivity contribution in [3.05, 3.63) is 47.1 Å². The van der Waals surface area contributed by atoms with E-state index in [4.69, 9.17) is 19.9 Å². The number of carbonyl (C=O) groups is 2. The minimum absolute atomic E-state index is 0.0634. The number of ether oxygens (including phenoxy) is 3. The van der Waals surface area contributed by atoms with Crippen molar-refractivity contribution in [3.8, 4) is 5.75 Å². The lowest BCUT2D eigenvalue weighted by atomic mass is 9.88. The molecule has 9 heteroatoms. The van der Waals surface area contributed by atoms with Gasteiger partial charge in [-0.3, -0.25) is 4.79 Å². The topological polar surface area (TPSA) is 140 Å². The zero-order valence-electron chi connectivity index (χ0n) is 22.7. The highest BCUT2D eigenvalue weighted by Gasteiger charge is 2.30. The number of aromatic hydroxyl groups is 1. The Morgan fingerprint density at radius 3 is 2.41 bits per heavy atom. The second-order valence-corrected chi connectivity index (χ2v) is 10.0. The zero-order valence-corrected chi connectivity index (χ0v) is 22.7. The average molecular weight is 519 g/mol. The molecule has 1 aromatic carbocycles. The van der Waals surface area contributed by atoms with Gasteiger partial charge in [-0.15, -0.1) is 0 Å². The van der Waals surface area contributed by atoms with Gasteiger partial charge < -0.3 is 35.5 Å². The molecular formula is C28H42N2O7. The van der Waals surface area contributed by atoms with Crippen LogP contribution in [0.1, 0.15) is 52.5 Å². The molecule has 0 radical (unpaired) electrons. The number of nitrogens with two attached hydrogens (primary N) is 1. The van der Waals surface area contributed by atoms with Crippen LogP contribution in [0, 0.1) is 11.8 Å². The van der Waals surface area contributed by atoms with Crippen LogP contribution in [0.5, 0.6) is 5.75 Å². The monoisotopic (exact) mass is 518 g/mol. The molecule has 5 N–H and O–H groups in total. The van der Waals surface area contributed by atoms with Crippen LogP contribution in [-0.2, 0) is 25.4 Å². The Balaban J connectivity index is 2.47. The fraction of sp³-hybridized carbons (Fsp3) is 0.571. The molecule has 6 atom stereocenters. The van der Waals surface area contributed by atoms with Gasteiger partial charge in [0.1, 0.15) is 5.75 Å². The number of anilines is 1. The summed E-state index contributed by atoms with van der Waals surface area (Å²) < 4.78 is 16.7. The molecule has 1 aliphatic heterocycles. The number of nitrogens with one attached hydrogen (secondary N) is 1. The minimum atomic E-state index is -0.925. The zero-order chi connectivity index (χ0) is 27.7. The fourth-order valence-corrected chi connectivity index (χ4v) is 4.83. The van der Waals surface area contributed by atoms with Crippen LogP contribution < -0.4 is 11.1 Å². The molecule has 1 heterocycles. The van der Waals surface area contributed by atoms with Crippen molar-refractivity contribution < 1.29 is 34.0 Å². The van der Waals surface area contributed by atoms with E-state index < -0.39 is 30.5 Å². The second-order valence-electron chi connectivity index (χ2n) is 10.0. The Morgan fingerprint density at radius 1 is 1.11 bits per heavy atom. The van der Waals surface area contributed by atoms with E-state index in [0.29, 0.717) is 42.5 Å². The molecule has 0 saturated carbocycles. The summed E-state index contributed by atoms with van der Waals surface area (Å²) in [6.45, 7) is 7.44. The summed E-state index contributed by atoms with van der Waals surface area (Å²) in [6.07, 6.45) is 2.29. The van der Waals surface area contributed by atoms with Gasteiger partial charge in [0, 0.05) is 37.5 Å². The number of allylic oxidation sites excluding steroid dienone is 1. The van der Waals surface area contributed by atoms with Gasteiger partial charge >= 0.3 is 6.09 Å². The lowest BCUT2D eigenvalue weighted by Gasteiger charge is -2.30. The van der Waals surface area contributed by atoms with Gasteiger partial charge in [0.2, 0.25) is 0 Å². The molecule has 1 aromatic rings. The molecule has 0 saturated heterocycles. The highest BCUT2D eigenvalue weighted by Crippen LogP contribution is 2.27. The number of hydrogen-bond donors (Lipinski definition) is 4. The summed E-state index contributed by atoms with van der Waals surface area (Å²) >= 11 is 0. The van der Waals surface area contributed by atoms with Gasteiger partial charge in [-0.25, -0.2) is 4.79 Å². The third-order valence-electron chi connectivity index (χ3n) is 6.79. The van der Waals surface area contributed by atoms with E-state index in [2.05, 4.69) is 5.32 Å². The number of aliphatic hydroxyl groups is 1. The third kappa shape index (κ3) is 9.18. The lowest BCUT2D eigenvalue weighted by molar-refractivity contribution is -0.112. The van der Waals surface area contributed by atoms with Crippen molar-refractivity contribution in [2.75, 3.05) is 19.5 Å². The van der Waals surface area contributed by atoms with Crippen molar-refractivity contribution in [3.63, 3.8) is 0 Å². The van der Waals surface area contributed by atoms with Crippen LogP contribution >= 0.6 is 0 Å². The van der Waals surface area contributed by atoms with Crippen molar-refractivity contribution in [2.45, 2.75) is 77.8 Å². The summed E-state index contributed by atoms with van der Waals surface area (Å²) in [5.41, 5.74) is 7.92. The highest BCUT2D eigenvalue weighted by molar-refractivity contribution is 6.03. The molecular weight excluding hydrogens is 476 g/mol. The molecule has 1 aliphatic rings. The van der Waals surface area contributed by atoms with Crippen LogP contribution in [0.4, 0.5) is 10.5 Å². The molecule has 0 aliphatic carbocycles. The summed E-state index contributed by atoms with van der Waals surface area (Å²) in [6, 6.07) is 5.02. The molecule has 37 heavy (non-hydrogen) atoms. The van der Waals surface area contributed by atoms with Crippen LogP contribution in [0.2, 0.25) is 0 Å². The number of fused-ring (bicyclic) bond motifs is 2. The Bertz CT molecular complexity index is 991. The molecule has 0 aromatic heterocycles. The Morgan fingerprint density at radius 2 is 1.78 bits per heavy atom. The molecule has 2 rings (SSSR count). The van der Waals surface area contributed by atoms with E-state index in [9.17, 15) is 19.8 Å². The van der Waals surface area contributed by atoms with Crippen molar-refractivity contribution in [1.29, 1.82) is 0 Å². The summed E-state index contributed by atoms with van der Waals surface area (Å²) in [4.78, 5) is 24.4. The smallest absolute Gasteiger partial charge is 0.405 e. The van der Waals surface area contributed by atoms with Gasteiger partial charge in [0.25, 0.3) is 5.91 Å². The first kappa shape index (κ1) is 30.3. The van der Waals surface area contributed by atoms with Gasteiger partial charge in [-0.2, -0.15) is 0 Å². The molecule has 1 unspecified atom stereocenters. The van der Waals surface area contributed by atoms with E-state index in [1.807, 2.05) is 32.9 Å². The maximum Gasteiger partial charge on any atom is 0.405 e. The number of benzene rings is 1. The first-order valence-corrected chi connectivity index (χ1v) is 12.6. The molecule has 0 spiro atoms. The maximum atomic E-state index is 12.8. The third-order valence-corrected chi connectivity index (χ3v) is 6.79. The first-order chi connectivity index (χ1) is 17.4. The van der Waals surface area contributed by atoms with E-state index in [1.165, 1.54) is 13.2 Å². The van der Waals surface area contributed by atoms with E-state index in [-0.39, 0.29) is 23.5 Å². The van der Waals surface area contributed by atoms with Crippen molar-refractivity contribution >= 4 is 17.7 Å². The number of methoxy groups -OCH3 is 2. The SMILES string of the molecule is COC1CC/C=C(/C)C(=O)Nc2cc(O)cc(c2)C[C@@H](C)C[C@H](OC)[C@H](O)[C@@H](C)/C=C(\C)[C@H]1OC(N)=O. The van der Waals surface area contributed by atoms with Crippen molar-refractivity contribution in [1.82, 2.24) is 0 Å².